The molecule has 7 nitrogen and oxygen atoms in total. The summed E-state index contributed by atoms with van der Waals surface area (Å²) in [6.07, 6.45) is 0.604. The fourth-order valence-electron chi connectivity index (χ4n) is 2.61. The molecule has 0 aliphatic heterocycles. The number of hydrogen-bond donors (Lipinski definition) is 2. The van der Waals surface area contributed by atoms with E-state index in [0.29, 0.717) is 24.8 Å². The number of benzene rings is 1. The van der Waals surface area contributed by atoms with E-state index >= 15 is 0 Å². The lowest BCUT2D eigenvalue weighted by atomic mass is 9.92. The Bertz CT molecular complexity index is 889. The van der Waals surface area contributed by atoms with Gasteiger partial charge >= 0.3 is 6.03 Å². The van der Waals surface area contributed by atoms with Gasteiger partial charge in [-0.05, 0) is 18.6 Å². The lowest BCUT2D eigenvalue weighted by molar-refractivity contribution is -0.116. The average Bonchev–Trinajstić information content (AvgIpc) is 2.98. The number of carbonyl (C=O) groups excluding carboxylic acids is 2. The zero-order valence-electron chi connectivity index (χ0n) is 17.3. The van der Waals surface area contributed by atoms with Crippen LogP contribution >= 0.6 is 0 Å². The summed E-state index contributed by atoms with van der Waals surface area (Å²) in [5, 5.41) is 9.52. The second-order valence-electron chi connectivity index (χ2n) is 7.81. The molecule has 0 radical (unpaired) electrons. The number of amides is 3. The molecule has 0 spiro atoms. The van der Waals surface area contributed by atoms with Crippen molar-refractivity contribution in [2.24, 2.45) is 7.05 Å². The normalized spacial score (nSPS) is 11.3. The van der Waals surface area contributed by atoms with Crippen LogP contribution in [0.3, 0.4) is 0 Å². The number of anilines is 2. The summed E-state index contributed by atoms with van der Waals surface area (Å²) in [5.41, 5.74) is 0.498. The first-order chi connectivity index (χ1) is 13.5. The first-order valence-corrected chi connectivity index (χ1v) is 9.36. The smallest absolute Gasteiger partial charge is 0.315 e. The fraction of sp³-hybridized carbons (Fsp3) is 0.450. The van der Waals surface area contributed by atoms with Crippen LogP contribution in [0.1, 0.15) is 39.8 Å². The van der Waals surface area contributed by atoms with Gasteiger partial charge in [0.25, 0.3) is 0 Å². The number of aromatic nitrogens is 2. The SMILES string of the molecule is CCCN(CC(=O)Nc1cc(C(C)(C)C)nn1C)C(=O)Nc1ccc(F)cc1F. The van der Waals surface area contributed by atoms with Gasteiger partial charge in [-0.25, -0.2) is 13.6 Å². The Morgan fingerprint density at radius 3 is 2.41 bits per heavy atom. The molecule has 2 rings (SSSR count). The Morgan fingerprint density at radius 1 is 1.17 bits per heavy atom. The van der Waals surface area contributed by atoms with Crippen LogP contribution in [0.15, 0.2) is 24.3 Å². The maximum atomic E-state index is 13.8. The number of nitrogens with zero attached hydrogens (tertiary/aromatic N) is 3. The van der Waals surface area contributed by atoms with Crippen molar-refractivity contribution in [2.75, 3.05) is 23.7 Å². The van der Waals surface area contributed by atoms with E-state index in [-0.39, 0.29) is 17.6 Å². The van der Waals surface area contributed by atoms with E-state index in [0.717, 1.165) is 17.8 Å². The molecular weight excluding hydrogens is 380 g/mol. The molecule has 0 saturated carbocycles. The zero-order chi connectivity index (χ0) is 21.8. The molecular formula is C20H27F2N5O2. The molecule has 3 amide bonds. The predicted octanol–water partition coefficient (Wildman–Crippen LogP) is 3.88. The highest BCUT2D eigenvalue weighted by Gasteiger charge is 2.22. The quantitative estimate of drug-likeness (QED) is 0.763. The van der Waals surface area contributed by atoms with E-state index in [1.165, 1.54) is 4.90 Å². The van der Waals surface area contributed by atoms with Crippen molar-refractivity contribution in [3.05, 3.63) is 41.6 Å². The number of hydrogen-bond acceptors (Lipinski definition) is 3. The van der Waals surface area contributed by atoms with E-state index in [1.807, 2.05) is 27.7 Å². The van der Waals surface area contributed by atoms with Crippen molar-refractivity contribution in [2.45, 2.75) is 39.5 Å². The molecule has 2 N–H and O–H groups in total. The van der Waals surface area contributed by atoms with E-state index in [1.54, 1.807) is 17.8 Å². The van der Waals surface area contributed by atoms with Crippen molar-refractivity contribution >= 4 is 23.4 Å². The van der Waals surface area contributed by atoms with Crippen LogP contribution in [0.2, 0.25) is 0 Å². The van der Waals surface area contributed by atoms with Gasteiger partial charge in [0.2, 0.25) is 5.91 Å². The van der Waals surface area contributed by atoms with Crippen LogP contribution in [-0.4, -0.2) is 39.7 Å². The van der Waals surface area contributed by atoms with Crippen LogP contribution in [0.5, 0.6) is 0 Å². The van der Waals surface area contributed by atoms with Gasteiger partial charge in [-0.2, -0.15) is 5.10 Å². The summed E-state index contributed by atoms with van der Waals surface area (Å²) in [6.45, 7) is 7.97. The lowest BCUT2D eigenvalue weighted by Crippen LogP contribution is -2.41. The maximum Gasteiger partial charge on any atom is 0.322 e. The van der Waals surface area contributed by atoms with Crippen molar-refractivity contribution < 1.29 is 18.4 Å². The largest absolute Gasteiger partial charge is 0.322 e. The Labute approximate surface area is 169 Å². The van der Waals surface area contributed by atoms with Crippen molar-refractivity contribution in [1.82, 2.24) is 14.7 Å². The van der Waals surface area contributed by atoms with Gasteiger partial charge in [0.1, 0.15) is 24.0 Å². The van der Waals surface area contributed by atoms with Crippen molar-refractivity contribution in [3.63, 3.8) is 0 Å². The second-order valence-corrected chi connectivity index (χ2v) is 7.81. The fourth-order valence-corrected chi connectivity index (χ4v) is 2.61. The van der Waals surface area contributed by atoms with E-state index in [4.69, 9.17) is 0 Å². The molecule has 0 atom stereocenters. The molecule has 0 unspecified atom stereocenters. The summed E-state index contributed by atoms with van der Waals surface area (Å²) in [4.78, 5) is 26.2. The molecule has 0 aliphatic carbocycles. The van der Waals surface area contributed by atoms with E-state index < -0.39 is 23.6 Å². The molecule has 29 heavy (non-hydrogen) atoms. The minimum atomic E-state index is -0.885. The highest BCUT2D eigenvalue weighted by Crippen LogP contribution is 2.23. The molecule has 0 saturated heterocycles. The molecule has 9 heteroatoms. The number of nitrogens with one attached hydrogen (secondary N) is 2. The second kappa shape index (κ2) is 9.02. The molecule has 158 valence electrons. The maximum absolute atomic E-state index is 13.8. The Hall–Kier alpha value is -2.97. The number of urea groups is 1. The highest BCUT2D eigenvalue weighted by atomic mass is 19.1. The van der Waals surface area contributed by atoms with Crippen molar-refractivity contribution in [1.29, 1.82) is 0 Å². The number of carbonyl (C=O) groups is 2. The third-order valence-electron chi connectivity index (χ3n) is 4.20. The highest BCUT2D eigenvalue weighted by molar-refractivity contribution is 5.96. The first-order valence-electron chi connectivity index (χ1n) is 9.36. The topological polar surface area (TPSA) is 79.3 Å². The standard InChI is InChI=1S/C20H27F2N5O2/c1-6-9-27(19(29)23-15-8-7-13(21)10-14(15)22)12-18(28)24-17-11-16(20(2,3)4)25-26(17)5/h7-8,10-11H,6,9,12H2,1-5H3,(H,23,29)(H,24,28). The minimum absolute atomic E-state index is 0.153. The molecule has 1 heterocycles. The summed E-state index contributed by atoms with van der Waals surface area (Å²) in [5.74, 6) is -1.52. The lowest BCUT2D eigenvalue weighted by Gasteiger charge is -2.22. The van der Waals surface area contributed by atoms with Gasteiger partial charge in [0.15, 0.2) is 0 Å². The Balaban J connectivity index is 2.06. The molecule has 0 fully saturated rings. The van der Waals surface area contributed by atoms with Crippen LogP contribution in [-0.2, 0) is 17.3 Å². The molecule has 1 aromatic heterocycles. The van der Waals surface area contributed by atoms with Crippen LogP contribution in [0.4, 0.5) is 25.1 Å². The van der Waals surface area contributed by atoms with Crippen LogP contribution in [0.25, 0.3) is 0 Å². The number of aryl methyl sites for hydroxylation is 1. The summed E-state index contributed by atoms with van der Waals surface area (Å²) in [7, 11) is 1.72. The molecule has 0 bridgehead atoms. The van der Waals surface area contributed by atoms with Gasteiger partial charge in [-0.3, -0.25) is 9.48 Å². The average molecular weight is 407 g/mol. The van der Waals surface area contributed by atoms with E-state index in [9.17, 15) is 18.4 Å². The van der Waals surface area contributed by atoms with Crippen LogP contribution < -0.4 is 10.6 Å². The van der Waals surface area contributed by atoms with E-state index in [2.05, 4.69) is 15.7 Å². The summed E-state index contributed by atoms with van der Waals surface area (Å²) < 4.78 is 28.4. The molecule has 2 aromatic rings. The summed E-state index contributed by atoms with van der Waals surface area (Å²) in [6, 6.07) is 4.01. The van der Waals surface area contributed by atoms with Crippen molar-refractivity contribution in [3.8, 4) is 0 Å². The molecule has 1 aromatic carbocycles. The predicted molar refractivity (Wildman–Crippen MR) is 108 cm³/mol. The zero-order valence-corrected chi connectivity index (χ0v) is 17.3. The Kier molecular flexibility index (Phi) is 6.94. The van der Waals surface area contributed by atoms with Gasteiger partial charge < -0.3 is 15.5 Å². The van der Waals surface area contributed by atoms with Gasteiger partial charge in [0.05, 0.1) is 11.4 Å². The first kappa shape index (κ1) is 22.3. The number of halogens is 2. The third-order valence-corrected chi connectivity index (χ3v) is 4.20. The van der Waals surface area contributed by atoms with Crippen LogP contribution in [0, 0.1) is 11.6 Å². The van der Waals surface area contributed by atoms with Gasteiger partial charge in [-0.15, -0.1) is 0 Å². The Morgan fingerprint density at radius 2 is 1.86 bits per heavy atom. The van der Waals surface area contributed by atoms with Gasteiger partial charge in [0, 0.05) is 31.1 Å². The monoisotopic (exact) mass is 407 g/mol. The minimum Gasteiger partial charge on any atom is -0.315 e. The number of rotatable bonds is 6. The molecule has 0 aliphatic rings. The van der Waals surface area contributed by atoms with Gasteiger partial charge in [-0.1, -0.05) is 27.7 Å². The third kappa shape index (κ3) is 6.00. The summed E-state index contributed by atoms with van der Waals surface area (Å²) >= 11 is 0.